The first-order valence-electron chi connectivity index (χ1n) is 10.7. The smallest absolute Gasteiger partial charge is 0.253 e. The minimum atomic E-state index is -0.270. The van der Waals surface area contributed by atoms with Crippen molar-refractivity contribution in [2.24, 2.45) is 0 Å². The van der Waals surface area contributed by atoms with Gasteiger partial charge in [0.05, 0.1) is 17.7 Å². The zero-order chi connectivity index (χ0) is 22.6. The predicted octanol–water partition coefficient (Wildman–Crippen LogP) is 4.68. The molecule has 0 fully saturated rings. The number of hydrogen-bond donors (Lipinski definition) is 2. The van der Waals surface area contributed by atoms with Gasteiger partial charge in [-0.15, -0.1) is 0 Å². The van der Waals surface area contributed by atoms with E-state index in [0.717, 1.165) is 21.9 Å². The molecule has 2 amide bonds. The van der Waals surface area contributed by atoms with Crippen LogP contribution < -0.4 is 20.1 Å². The Kier molecular flexibility index (Phi) is 5.64. The highest BCUT2D eigenvalue weighted by Gasteiger charge is 2.16. The van der Waals surface area contributed by atoms with Crippen molar-refractivity contribution in [3.8, 4) is 11.5 Å². The van der Waals surface area contributed by atoms with E-state index in [9.17, 15) is 9.59 Å². The fourth-order valence-corrected chi connectivity index (χ4v) is 3.93. The van der Waals surface area contributed by atoms with E-state index in [0.29, 0.717) is 29.3 Å². The summed E-state index contributed by atoms with van der Waals surface area (Å²) in [5.74, 6) is 0.920. The SMILES string of the molecule is O=C(Cc1cccc2ccccc12)Nc1ccccc1C(=O)NCc1ccc2c(c1)OCO2. The number of benzene rings is 4. The molecular weight excluding hydrogens is 416 g/mol. The van der Waals surface area contributed by atoms with Crippen LogP contribution >= 0.6 is 0 Å². The van der Waals surface area contributed by atoms with Crippen molar-refractivity contribution in [2.45, 2.75) is 13.0 Å². The third kappa shape index (κ3) is 4.50. The summed E-state index contributed by atoms with van der Waals surface area (Å²) in [4.78, 5) is 25.7. The molecule has 4 aromatic carbocycles. The van der Waals surface area contributed by atoms with Crippen LogP contribution in [0.25, 0.3) is 10.8 Å². The van der Waals surface area contributed by atoms with E-state index in [1.807, 2.05) is 60.7 Å². The molecule has 1 aliphatic heterocycles. The molecule has 0 spiro atoms. The minimum Gasteiger partial charge on any atom is -0.454 e. The maximum absolute atomic E-state index is 12.9. The first-order chi connectivity index (χ1) is 16.2. The lowest BCUT2D eigenvalue weighted by molar-refractivity contribution is -0.115. The topological polar surface area (TPSA) is 76.7 Å². The van der Waals surface area contributed by atoms with E-state index in [1.165, 1.54) is 0 Å². The number of nitrogens with one attached hydrogen (secondary N) is 2. The standard InChI is InChI=1S/C27H22N2O4/c30-26(15-20-8-5-7-19-6-1-2-9-21(19)20)29-23-11-4-3-10-22(23)27(31)28-16-18-12-13-24-25(14-18)33-17-32-24/h1-14H,15-17H2,(H,28,31)(H,29,30). The molecule has 5 rings (SSSR count). The summed E-state index contributed by atoms with van der Waals surface area (Å²) in [6.45, 7) is 0.532. The number of fused-ring (bicyclic) bond motifs is 2. The van der Waals surface area contributed by atoms with Gasteiger partial charge < -0.3 is 20.1 Å². The lowest BCUT2D eigenvalue weighted by atomic mass is 10.0. The summed E-state index contributed by atoms with van der Waals surface area (Å²) in [5, 5.41) is 7.94. The highest BCUT2D eigenvalue weighted by Crippen LogP contribution is 2.32. The van der Waals surface area contributed by atoms with Gasteiger partial charge in [0.2, 0.25) is 12.7 Å². The second-order valence-electron chi connectivity index (χ2n) is 7.78. The third-order valence-corrected chi connectivity index (χ3v) is 5.57. The van der Waals surface area contributed by atoms with Crippen LogP contribution in [-0.4, -0.2) is 18.6 Å². The molecule has 0 atom stereocenters. The number of carbonyl (C=O) groups excluding carboxylic acids is 2. The molecular formula is C27H22N2O4. The minimum absolute atomic E-state index is 0.178. The Labute approximate surface area is 191 Å². The first kappa shape index (κ1) is 20.6. The van der Waals surface area contributed by atoms with Gasteiger partial charge >= 0.3 is 0 Å². The zero-order valence-corrected chi connectivity index (χ0v) is 17.8. The molecule has 0 radical (unpaired) electrons. The summed E-state index contributed by atoms with van der Waals surface area (Å²) < 4.78 is 10.7. The molecule has 0 bridgehead atoms. The second kappa shape index (κ2) is 9.04. The lowest BCUT2D eigenvalue weighted by Crippen LogP contribution is -2.25. The average molecular weight is 438 g/mol. The molecule has 33 heavy (non-hydrogen) atoms. The first-order valence-corrected chi connectivity index (χ1v) is 10.7. The van der Waals surface area contributed by atoms with Crippen LogP contribution in [0.3, 0.4) is 0 Å². The van der Waals surface area contributed by atoms with Gasteiger partial charge in [-0.05, 0) is 46.2 Å². The van der Waals surface area contributed by atoms with Gasteiger partial charge in [-0.2, -0.15) is 0 Å². The molecule has 1 aliphatic rings. The summed E-state index contributed by atoms with van der Waals surface area (Å²) in [6.07, 6.45) is 0.217. The van der Waals surface area contributed by atoms with Crippen LogP contribution in [0.15, 0.2) is 84.9 Å². The molecule has 6 nitrogen and oxygen atoms in total. The summed E-state index contributed by atoms with van der Waals surface area (Å²) in [6, 6.07) is 26.4. The number of amides is 2. The fraction of sp³-hybridized carbons (Fsp3) is 0.111. The van der Waals surface area contributed by atoms with Crippen molar-refractivity contribution in [2.75, 3.05) is 12.1 Å². The van der Waals surface area contributed by atoms with Crippen LogP contribution in [0.2, 0.25) is 0 Å². The molecule has 164 valence electrons. The van der Waals surface area contributed by atoms with E-state index in [1.54, 1.807) is 24.3 Å². The molecule has 0 saturated carbocycles. The maximum Gasteiger partial charge on any atom is 0.253 e. The maximum atomic E-state index is 12.9. The van der Waals surface area contributed by atoms with E-state index < -0.39 is 0 Å². The molecule has 0 unspecified atom stereocenters. The van der Waals surface area contributed by atoms with Crippen LogP contribution in [0, 0.1) is 0 Å². The average Bonchev–Trinajstić information content (AvgIpc) is 3.31. The second-order valence-corrected chi connectivity index (χ2v) is 7.78. The summed E-state index contributed by atoms with van der Waals surface area (Å²) >= 11 is 0. The number of ether oxygens (including phenoxy) is 2. The zero-order valence-electron chi connectivity index (χ0n) is 17.8. The molecule has 4 aromatic rings. The van der Waals surface area contributed by atoms with Crippen molar-refractivity contribution >= 4 is 28.3 Å². The Bertz CT molecular complexity index is 1340. The van der Waals surface area contributed by atoms with E-state index in [2.05, 4.69) is 10.6 Å². The Hall–Kier alpha value is -4.32. The Balaban J connectivity index is 1.27. The lowest BCUT2D eigenvalue weighted by Gasteiger charge is -2.12. The van der Waals surface area contributed by atoms with Crippen molar-refractivity contribution in [1.29, 1.82) is 0 Å². The Morgan fingerprint density at radius 3 is 2.55 bits per heavy atom. The number of rotatable bonds is 6. The molecule has 0 aromatic heterocycles. The largest absolute Gasteiger partial charge is 0.454 e. The third-order valence-electron chi connectivity index (χ3n) is 5.57. The summed E-state index contributed by atoms with van der Waals surface area (Å²) in [5.41, 5.74) is 2.72. The van der Waals surface area contributed by atoms with Gasteiger partial charge in [-0.1, -0.05) is 60.7 Å². The predicted molar refractivity (Wildman–Crippen MR) is 126 cm³/mol. The highest BCUT2D eigenvalue weighted by atomic mass is 16.7. The van der Waals surface area contributed by atoms with Gasteiger partial charge in [-0.3, -0.25) is 9.59 Å². The number of carbonyl (C=O) groups is 2. The number of anilines is 1. The monoisotopic (exact) mass is 438 g/mol. The Morgan fingerprint density at radius 2 is 1.61 bits per heavy atom. The van der Waals surface area contributed by atoms with Crippen molar-refractivity contribution in [3.05, 3.63) is 102 Å². The highest BCUT2D eigenvalue weighted by molar-refractivity contribution is 6.04. The van der Waals surface area contributed by atoms with E-state index in [-0.39, 0.29) is 25.0 Å². The quantitative estimate of drug-likeness (QED) is 0.458. The normalized spacial score (nSPS) is 11.9. The van der Waals surface area contributed by atoms with Crippen LogP contribution in [0.5, 0.6) is 11.5 Å². The molecule has 0 aliphatic carbocycles. The van der Waals surface area contributed by atoms with Gasteiger partial charge in [0.1, 0.15) is 0 Å². The van der Waals surface area contributed by atoms with E-state index >= 15 is 0 Å². The Morgan fingerprint density at radius 1 is 0.818 bits per heavy atom. The van der Waals surface area contributed by atoms with Gasteiger partial charge in [0.15, 0.2) is 11.5 Å². The van der Waals surface area contributed by atoms with Gasteiger partial charge in [0.25, 0.3) is 5.91 Å². The van der Waals surface area contributed by atoms with Crippen LogP contribution in [-0.2, 0) is 17.8 Å². The fourth-order valence-electron chi connectivity index (χ4n) is 3.93. The van der Waals surface area contributed by atoms with Crippen molar-refractivity contribution in [1.82, 2.24) is 5.32 Å². The van der Waals surface area contributed by atoms with E-state index in [4.69, 9.17) is 9.47 Å². The number of hydrogen-bond acceptors (Lipinski definition) is 4. The van der Waals surface area contributed by atoms with Crippen LogP contribution in [0.4, 0.5) is 5.69 Å². The van der Waals surface area contributed by atoms with Crippen molar-refractivity contribution < 1.29 is 19.1 Å². The van der Waals surface area contributed by atoms with Crippen LogP contribution in [0.1, 0.15) is 21.5 Å². The van der Waals surface area contributed by atoms with Gasteiger partial charge in [-0.25, -0.2) is 0 Å². The molecule has 2 N–H and O–H groups in total. The summed E-state index contributed by atoms with van der Waals surface area (Å²) in [7, 11) is 0. The van der Waals surface area contributed by atoms with Gasteiger partial charge in [0, 0.05) is 6.54 Å². The van der Waals surface area contributed by atoms with Crippen molar-refractivity contribution in [3.63, 3.8) is 0 Å². The number of para-hydroxylation sites is 1. The molecule has 0 saturated heterocycles. The molecule has 6 heteroatoms. The molecule has 1 heterocycles.